The molecule has 0 radical (unpaired) electrons. The minimum Gasteiger partial charge on any atom is -0.456 e. The Bertz CT molecular complexity index is 2520. The molecule has 1 heterocycles. The molecule has 210 valence electrons. The van der Waals surface area contributed by atoms with Gasteiger partial charge in [0, 0.05) is 10.8 Å². The van der Waals surface area contributed by atoms with Crippen LogP contribution in [0.25, 0.3) is 88.0 Å². The van der Waals surface area contributed by atoms with E-state index in [9.17, 15) is 0 Å². The maximum absolute atomic E-state index is 6.37. The van der Waals surface area contributed by atoms with Gasteiger partial charge in [-0.2, -0.15) is 0 Å². The summed E-state index contributed by atoms with van der Waals surface area (Å²) in [6.07, 6.45) is 0. The summed E-state index contributed by atoms with van der Waals surface area (Å²) >= 11 is 0. The van der Waals surface area contributed by atoms with Gasteiger partial charge >= 0.3 is 0 Å². The van der Waals surface area contributed by atoms with Gasteiger partial charge in [-0.1, -0.05) is 152 Å². The zero-order chi connectivity index (χ0) is 29.7. The Labute approximate surface area is 261 Å². The van der Waals surface area contributed by atoms with Crippen molar-refractivity contribution < 1.29 is 4.42 Å². The first-order valence-electron chi connectivity index (χ1n) is 15.4. The van der Waals surface area contributed by atoms with E-state index in [0.29, 0.717) is 0 Å². The lowest BCUT2D eigenvalue weighted by molar-refractivity contribution is 0.669. The van der Waals surface area contributed by atoms with Gasteiger partial charge in [-0.3, -0.25) is 0 Å². The van der Waals surface area contributed by atoms with Crippen LogP contribution in [0.4, 0.5) is 0 Å². The molecule has 0 aliphatic rings. The van der Waals surface area contributed by atoms with Crippen molar-refractivity contribution in [3.05, 3.63) is 170 Å². The fraction of sp³-hybridized carbons (Fsp3) is 0. The van der Waals surface area contributed by atoms with Gasteiger partial charge in [0.25, 0.3) is 0 Å². The summed E-state index contributed by atoms with van der Waals surface area (Å²) in [6.45, 7) is 0. The molecule has 1 aromatic heterocycles. The molecule has 9 rings (SSSR count). The lowest BCUT2D eigenvalue weighted by Crippen LogP contribution is -1.93. The predicted molar refractivity (Wildman–Crippen MR) is 190 cm³/mol. The summed E-state index contributed by atoms with van der Waals surface area (Å²) < 4.78 is 6.37. The second-order valence-corrected chi connectivity index (χ2v) is 11.6. The molecule has 0 unspecified atom stereocenters. The molecule has 0 saturated carbocycles. The summed E-state index contributed by atoms with van der Waals surface area (Å²) in [7, 11) is 0. The van der Waals surface area contributed by atoms with E-state index in [1.165, 1.54) is 66.1 Å². The van der Waals surface area contributed by atoms with E-state index >= 15 is 0 Å². The van der Waals surface area contributed by atoms with E-state index in [1.54, 1.807) is 0 Å². The minimum atomic E-state index is 0.908. The smallest absolute Gasteiger partial charge is 0.136 e. The van der Waals surface area contributed by atoms with Crippen molar-refractivity contribution in [1.29, 1.82) is 0 Å². The molecule has 0 saturated heterocycles. The van der Waals surface area contributed by atoms with Crippen molar-refractivity contribution >= 4 is 43.5 Å². The highest BCUT2D eigenvalue weighted by Gasteiger charge is 2.22. The quantitative estimate of drug-likeness (QED) is 0.191. The highest BCUT2D eigenvalue weighted by Crippen LogP contribution is 2.49. The van der Waals surface area contributed by atoms with Gasteiger partial charge in [0.1, 0.15) is 11.2 Å². The van der Waals surface area contributed by atoms with Crippen molar-refractivity contribution in [2.45, 2.75) is 0 Å². The van der Waals surface area contributed by atoms with Crippen molar-refractivity contribution in [2.24, 2.45) is 0 Å². The van der Waals surface area contributed by atoms with Crippen molar-refractivity contribution in [3.8, 4) is 44.5 Å². The Morgan fingerprint density at radius 2 is 0.822 bits per heavy atom. The monoisotopic (exact) mass is 572 g/mol. The standard InChI is InChI=1S/C44H28O/c1-3-14-29(15-4-1)31-26-27-36-39(28-31)43(33-19-8-7-18-32(33)30-16-5-2-6-17-30)35-21-10-9-20-34(35)42(36)38-23-13-25-41-44(38)37-22-11-12-24-40(37)45-41/h1-28H. The summed E-state index contributed by atoms with van der Waals surface area (Å²) in [5.74, 6) is 0. The fourth-order valence-corrected chi connectivity index (χ4v) is 7.12. The molecule has 9 aromatic rings. The summed E-state index contributed by atoms with van der Waals surface area (Å²) in [6, 6.07) is 61.0. The van der Waals surface area contributed by atoms with E-state index in [-0.39, 0.29) is 0 Å². The van der Waals surface area contributed by atoms with Crippen LogP contribution in [0.1, 0.15) is 0 Å². The van der Waals surface area contributed by atoms with Crippen LogP contribution in [-0.4, -0.2) is 0 Å². The number of rotatable bonds is 4. The average molecular weight is 573 g/mol. The first-order valence-corrected chi connectivity index (χ1v) is 15.4. The molecule has 1 heteroatoms. The molecule has 0 aliphatic carbocycles. The molecule has 0 N–H and O–H groups in total. The molecule has 45 heavy (non-hydrogen) atoms. The first kappa shape index (κ1) is 25.6. The fourth-order valence-electron chi connectivity index (χ4n) is 7.12. The van der Waals surface area contributed by atoms with Gasteiger partial charge in [-0.25, -0.2) is 0 Å². The zero-order valence-electron chi connectivity index (χ0n) is 24.6. The highest BCUT2D eigenvalue weighted by molar-refractivity contribution is 6.26. The van der Waals surface area contributed by atoms with Gasteiger partial charge in [-0.05, 0) is 84.3 Å². The van der Waals surface area contributed by atoms with Crippen LogP contribution in [0.3, 0.4) is 0 Å². The van der Waals surface area contributed by atoms with Crippen LogP contribution < -0.4 is 0 Å². The summed E-state index contributed by atoms with van der Waals surface area (Å²) in [5, 5.41) is 7.22. The predicted octanol–water partition coefficient (Wildman–Crippen LogP) is 12.6. The molecule has 0 amide bonds. The number of hydrogen-bond acceptors (Lipinski definition) is 1. The van der Waals surface area contributed by atoms with Gasteiger partial charge in [0.15, 0.2) is 0 Å². The van der Waals surface area contributed by atoms with E-state index in [2.05, 4.69) is 164 Å². The molecular weight excluding hydrogens is 544 g/mol. The second-order valence-electron chi connectivity index (χ2n) is 11.6. The number of para-hydroxylation sites is 1. The Morgan fingerprint density at radius 3 is 1.58 bits per heavy atom. The van der Waals surface area contributed by atoms with Crippen LogP contribution in [0.15, 0.2) is 174 Å². The van der Waals surface area contributed by atoms with E-state index < -0.39 is 0 Å². The molecule has 8 aromatic carbocycles. The van der Waals surface area contributed by atoms with E-state index in [1.807, 2.05) is 6.07 Å². The van der Waals surface area contributed by atoms with Crippen LogP contribution >= 0.6 is 0 Å². The molecule has 0 fully saturated rings. The summed E-state index contributed by atoms with van der Waals surface area (Å²) in [5.41, 5.74) is 11.6. The third-order valence-electron chi connectivity index (χ3n) is 9.08. The Balaban J connectivity index is 1.47. The van der Waals surface area contributed by atoms with Crippen LogP contribution in [0.2, 0.25) is 0 Å². The largest absolute Gasteiger partial charge is 0.456 e. The van der Waals surface area contributed by atoms with Gasteiger partial charge < -0.3 is 4.42 Å². The normalized spacial score (nSPS) is 11.6. The van der Waals surface area contributed by atoms with Crippen LogP contribution in [0.5, 0.6) is 0 Å². The molecule has 1 nitrogen and oxygen atoms in total. The highest BCUT2D eigenvalue weighted by atomic mass is 16.3. The van der Waals surface area contributed by atoms with Gasteiger partial charge in [-0.15, -0.1) is 0 Å². The lowest BCUT2D eigenvalue weighted by Gasteiger charge is -2.21. The zero-order valence-corrected chi connectivity index (χ0v) is 24.6. The second kappa shape index (κ2) is 10.4. The molecule has 0 aliphatic heterocycles. The summed E-state index contributed by atoms with van der Waals surface area (Å²) in [4.78, 5) is 0. The van der Waals surface area contributed by atoms with Gasteiger partial charge in [0.05, 0.1) is 0 Å². The van der Waals surface area contributed by atoms with Gasteiger partial charge in [0.2, 0.25) is 0 Å². The molecule has 0 bridgehead atoms. The Hall–Kier alpha value is -5.92. The maximum Gasteiger partial charge on any atom is 0.136 e. The first-order chi connectivity index (χ1) is 22.3. The third-order valence-corrected chi connectivity index (χ3v) is 9.08. The minimum absolute atomic E-state index is 0.908. The molecule has 0 atom stereocenters. The number of fused-ring (bicyclic) bond motifs is 5. The maximum atomic E-state index is 6.37. The molecule has 0 spiro atoms. The molecular formula is C44H28O. The van der Waals surface area contributed by atoms with Crippen molar-refractivity contribution in [3.63, 3.8) is 0 Å². The topological polar surface area (TPSA) is 13.1 Å². The Kier molecular flexibility index (Phi) is 5.89. The third kappa shape index (κ3) is 4.09. The van der Waals surface area contributed by atoms with Crippen LogP contribution in [0, 0.1) is 0 Å². The van der Waals surface area contributed by atoms with Crippen LogP contribution in [-0.2, 0) is 0 Å². The lowest BCUT2D eigenvalue weighted by atomic mass is 9.82. The van der Waals surface area contributed by atoms with Crippen molar-refractivity contribution in [1.82, 2.24) is 0 Å². The van der Waals surface area contributed by atoms with E-state index in [4.69, 9.17) is 4.42 Å². The number of furan rings is 1. The van der Waals surface area contributed by atoms with E-state index in [0.717, 1.165) is 21.9 Å². The number of benzene rings is 8. The Morgan fingerprint density at radius 1 is 0.289 bits per heavy atom. The van der Waals surface area contributed by atoms with Crippen molar-refractivity contribution in [2.75, 3.05) is 0 Å². The average Bonchev–Trinajstić information content (AvgIpc) is 3.50. The number of hydrogen-bond donors (Lipinski definition) is 0. The SMILES string of the molecule is c1ccc(-c2ccc3c(-c4cccc5oc6ccccc6c45)c4ccccc4c(-c4ccccc4-c4ccccc4)c3c2)cc1.